The van der Waals surface area contributed by atoms with E-state index in [-0.39, 0.29) is 12.4 Å². The molecule has 100 valence electrons. The first-order valence-corrected chi connectivity index (χ1v) is 5.94. The van der Waals surface area contributed by atoms with Gasteiger partial charge in [-0.15, -0.1) is 0 Å². The van der Waals surface area contributed by atoms with Gasteiger partial charge in [-0.25, -0.2) is 0 Å². The number of rotatable bonds is 5. The van der Waals surface area contributed by atoms with Crippen LogP contribution in [0.4, 0.5) is 0 Å². The van der Waals surface area contributed by atoms with E-state index < -0.39 is 0 Å². The number of benzene rings is 1. The molecular formula is C15H22O3. The van der Waals surface area contributed by atoms with Gasteiger partial charge in [-0.05, 0) is 45.4 Å². The number of hydrogen-bond acceptors (Lipinski definition) is 3. The summed E-state index contributed by atoms with van der Waals surface area (Å²) in [5, 5.41) is 0. The van der Waals surface area contributed by atoms with Gasteiger partial charge in [0.25, 0.3) is 0 Å². The Bertz CT molecular complexity index is 416. The third kappa shape index (κ3) is 4.41. The second kappa shape index (κ2) is 5.91. The molecule has 1 aromatic rings. The van der Waals surface area contributed by atoms with Crippen LogP contribution in [0.1, 0.15) is 33.3 Å². The molecule has 0 unspecified atom stereocenters. The minimum atomic E-state index is -0.279. The fourth-order valence-corrected chi connectivity index (χ4v) is 1.42. The quantitative estimate of drug-likeness (QED) is 0.742. The molecule has 0 bridgehead atoms. The minimum Gasteiger partial charge on any atom is -0.484 e. The van der Waals surface area contributed by atoms with Gasteiger partial charge in [-0.2, -0.15) is 0 Å². The van der Waals surface area contributed by atoms with Crippen LogP contribution in [0.3, 0.4) is 0 Å². The van der Waals surface area contributed by atoms with Crippen LogP contribution in [0.5, 0.6) is 11.5 Å². The molecule has 3 nitrogen and oxygen atoms in total. The topological polar surface area (TPSA) is 27.7 Å². The van der Waals surface area contributed by atoms with Crippen molar-refractivity contribution in [3.63, 3.8) is 0 Å². The van der Waals surface area contributed by atoms with Crippen LogP contribution < -0.4 is 9.47 Å². The van der Waals surface area contributed by atoms with Crippen LogP contribution in [-0.2, 0) is 4.74 Å². The van der Waals surface area contributed by atoms with Gasteiger partial charge >= 0.3 is 0 Å². The molecule has 0 aliphatic heterocycles. The van der Waals surface area contributed by atoms with E-state index >= 15 is 0 Å². The first kappa shape index (κ1) is 14.6. The summed E-state index contributed by atoms with van der Waals surface area (Å²) in [6, 6.07) is 5.78. The van der Waals surface area contributed by atoms with Gasteiger partial charge in [-0.1, -0.05) is 18.2 Å². The Labute approximate surface area is 109 Å². The van der Waals surface area contributed by atoms with Gasteiger partial charge in [-0.3, -0.25) is 0 Å². The van der Waals surface area contributed by atoms with E-state index in [9.17, 15) is 0 Å². The zero-order valence-electron chi connectivity index (χ0n) is 11.9. The first-order chi connectivity index (χ1) is 8.33. The smallest absolute Gasteiger partial charge is 0.188 e. The zero-order chi connectivity index (χ0) is 13.8. The second-order valence-corrected chi connectivity index (χ2v) is 5.21. The van der Waals surface area contributed by atoms with E-state index in [4.69, 9.17) is 14.2 Å². The molecule has 18 heavy (non-hydrogen) atoms. The monoisotopic (exact) mass is 250 g/mol. The van der Waals surface area contributed by atoms with Crippen molar-refractivity contribution in [2.24, 2.45) is 0 Å². The van der Waals surface area contributed by atoms with Crippen molar-refractivity contribution >= 4 is 5.57 Å². The molecule has 0 N–H and O–H groups in total. The Kier molecular flexibility index (Phi) is 4.79. The van der Waals surface area contributed by atoms with E-state index in [1.165, 1.54) is 0 Å². The van der Waals surface area contributed by atoms with Crippen molar-refractivity contribution in [3.05, 3.63) is 30.3 Å². The second-order valence-electron chi connectivity index (χ2n) is 5.21. The molecule has 0 saturated heterocycles. The van der Waals surface area contributed by atoms with Crippen molar-refractivity contribution in [3.8, 4) is 11.5 Å². The largest absolute Gasteiger partial charge is 0.484 e. The van der Waals surface area contributed by atoms with E-state index in [1.54, 1.807) is 7.11 Å². The highest BCUT2D eigenvalue weighted by molar-refractivity contribution is 5.64. The van der Waals surface area contributed by atoms with Crippen LogP contribution >= 0.6 is 0 Å². The van der Waals surface area contributed by atoms with Crippen molar-refractivity contribution in [2.75, 3.05) is 13.9 Å². The summed E-state index contributed by atoms with van der Waals surface area (Å²) in [4.78, 5) is 0. The van der Waals surface area contributed by atoms with Crippen LogP contribution in [0.25, 0.3) is 5.57 Å². The molecule has 3 heteroatoms. The van der Waals surface area contributed by atoms with Crippen molar-refractivity contribution in [1.82, 2.24) is 0 Å². The SMILES string of the molecule is C=C(C)c1ccc(OCOC)c(OC(C)(C)C)c1. The molecule has 0 aromatic heterocycles. The average Bonchev–Trinajstić information content (AvgIpc) is 2.25. The number of methoxy groups -OCH3 is 1. The Morgan fingerprint density at radius 3 is 2.39 bits per heavy atom. The van der Waals surface area contributed by atoms with Crippen molar-refractivity contribution < 1.29 is 14.2 Å². The molecule has 0 fully saturated rings. The van der Waals surface area contributed by atoms with Crippen LogP contribution in [0.15, 0.2) is 24.8 Å². The van der Waals surface area contributed by atoms with E-state index in [2.05, 4.69) is 6.58 Å². The average molecular weight is 250 g/mol. The molecule has 0 aliphatic rings. The van der Waals surface area contributed by atoms with E-state index in [0.29, 0.717) is 11.5 Å². The third-order valence-electron chi connectivity index (χ3n) is 2.18. The van der Waals surface area contributed by atoms with Gasteiger partial charge in [0.1, 0.15) is 5.60 Å². The number of allylic oxidation sites excluding steroid dienone is 1. The first-order valence-electron chi connectivity index (χ1n) is 5.94. The Hall–Kier alpha value is -1.48. The highest BCUT2D eigenvalue weighted by Gasteiger charge is 2.16. The standard InChI is InChI=1S/C15H22O3/c1-11(2)12-7-8-13(17-10-16-6)14(9-12)18-15(3,4)5/h7-9H,1,10H2,2-6H3. The van der Waals surface area contributed by atoms with Gasteiger partial charge in [0.05, 0.1) is 0 Å². The Morgan fingerprint density at radius 1 is 1.22 bits per heavy atom. The summed E-state index contributed by atoms with van der Waals surface area (Å²) in [5.74, 6) is 1.39. The lowest BCUT2D eigenvalue weighted by molar-refractivity contribution is 0.0440. The highest BCUT2D eigenvalue weighted by atomic mass is 16.7. The molecule has 0 saturated carbocycles. The fraction of sp³-hybridized carbons (Fsp3) is 0.467. The Morgan fingerprint density at radius 2 is 1.89 bits per heavy atom. The van der Waals surface area contributed by atoms with Crippen molar-refractivity contribution in [1.29, 1.82) is 0 Å². The molecule has 1 rings (SSSR count). The predicted octanol–water partition coefficient (Wildman–Crippen LogP) is 3.88. The fourth-order valence-electron chi connectivity index (χ4n) is 1.42. The molecule has 0 radical (unpaired) electrons. The summed E-state index contributed by atoms with van der Waals surface area (Å²) in [5.41, 5.74) is 1.75. The molecule has 0 aliphatic carbocycles. The lowest BCUT2D eigenvalue weighted by Crippen LogP contribution is -2.23. The summed E-state index contributed by atoms with van der Waals surface area (Å²) < 4.78 is 16.3. The lowest BCUT2D eigenvalue weighted by Gasteiger charge is -2.23. The molecular weight excluding hydrogens is 228 g/mol. The van der Waals surface area contributed by atoms with Gasteiger partial charge < -0.3 is 14.2 Å². The molecule has 0 heterocycles. The van der Waals surface area contributed by atoms with Crippen LogP contribution in [-0.4, -0.2) is 19.5 Å². The van der Waals surface area contributed by atoms with E-state index in [1.807, 2.05) is 45.9 Å². The lowest BCUT2D eigenvalue weighted by atomic mass is 10.1. The molecule has 1 aromatic carbocycles. The Balaban J connectivity index is 3.05. The maximum atomic E-state index is 5.90. The maximum absolute atomic E-state index is 5.90. The summed E-state index contributed by atoms with van der Waals surface area (Å²) in [6.07, 6.45) is 0. The van der Waals surface area contributed by atoms with Gasteiger partial charge in [0.2, 0.25) is 0 Å². The van der Waals surface area contributed by atoms with Crippen molar-refractivity contribution in [2.45, 2.75) is 33.3 Å². The van der Waals surface area contributed by atoms with Gasteiger partial charge in [0, 0.05) is 7.11 Å². The third-order valence-corrected chi connectivity index (χ3v) is 2.18. The minimum absolute atomic E-state index is 0.201. The number of hydrogen-bond donors (Lipinski definition) is 0. The number of ether oxygens (including phenoxy) is 3. The summed E-state index contributed by atoms with van der Waals surface area (Å²) >= 11 is 0. The van der Waals surface area contributed by atoms with Crippen LogP contribution in [0.2, 0.25) is 0 Å². The molecule has 0 spiro atoms. The van der Waals surface area contributed by atoms with Crippen LogP contribution in [0, 0.1) is 0 Å². The molecule has 0 amide bonds. The zero-order valence-corrected chi connectivity index (χ0v) is 11.9. The van der Waals surface area contributed by atoms with E-state index in [0.717, 1.165) is 11.1 Å². The maximum Gasteiger partial charge on any atom is 0.188 e. The normalized spacial score (nSPS) is 11.2. The van der Waals surface area contributed by atoms with Gasteiger partial charge in [0.15, 0.2) is 18.3 Å². The molecule has 0 atom stereocenters. The predicted molar refractivity (Wildman–Crippen MR) is 74.0 cm³/mol. The summed E-state index contributed by atoms with van der Waals surface area (Å²) in [6.45, 7) is 12.1. The summed E-state index contributed by atoms with van der Waals surface area (Å²) in [7, 11) is 1.59. The highest BCUT2D eigenvalue weighted by Crippen LogP contribution is 2.33.